The van der Waals surface area contributed by atoms with Gasteiger partial charge in [0.05, 0.1) is 17.3 Å². The minimum atomic E-state index is 0.720. The number of nitrogens with one attached hydrogen (secondary N) is 1. The molecular weight excluding hydrogens is 374 g/mol. The zero-order valence-corrected chi connectivity index (χ0v) is 17.1. The predicted molar refractivity (Wildman–Crippen MR) is 111 cm³/mol. The minimum absolute atomic E-state index is 0.720. The van der Waals surface area contributed by atoms with Gasteiger partial charge in [-0.3, -0.25) is 0 Å². The Labute approximate surface area is 167 Å². The van der Waals surface area contributed by atoms with E-state index in [1.807, 2.05) is 28.4 Å². The van der Waals surface area contributed by atoms with Crippen LogP contribution in [0.15, 0.2) is 54.6 Å². The summed E-state index contributed by atoms with van der Waals surface area (Å²) in [6.07, 6.45) is 0.783. The normalized spacial score (nSPS) is 12.5. The quantitative estimate of drug-likeness (QED) is 0.510. The van der Waals surface area contributed by atoms with Crippen LogP contribution >= 0.6 is 23.6 Å². The van der Waals surface area contributed by atoms with E-state index in [-0.39, 0.29) is 0 Å². The highest BCUT2D eigenvalue weighted by atomic mass is 32.1. The highest BCUT2D eigenvalue weighted by Crippen LogP contribution is 2.20. The van der Waals surface area contributed by atoms with E-state index in [1.54, 1.807) is 11.3 Å². The number of thiazole rings is 1. The fourth-order valence-electron chi connectivity index (χ4n) is 3.13. The Kier molecular flexibility index (Phi) is 5.15. The smallest absolute Gasteiger partial charge is 0.202 e. The van der Waals surface area contributed by atoms with E-state index in [0.717, 1.165) is 40.8 Å². The average Bonchev–Trinajstić information content (AvgIpc) is 3.18. The molecule has 0 aliphatic heterocycles. The zero-order chi connectivity index (χ0) is 18.8. The molecule has 2 aromatic heterocycles. The Morgan fingerprint density at radius 1 is 1.07 bits per heavy atom. The SMILES string of the molecule is Cn1c(Cc2ccccc2)nn(C[NH+](C)Cc2nc3ccccc3s2)c1=S. The van der Waals surface area contributed by atoms with E-state index >= 15 is 0 Å². The van der Waals surface area contributed by atoms with Crippen molar-refractivity contribution in [1.82, 2.24) is 19.3 Å². The van der Waals surface area contributed by atoms with Gasteiger partial charge in [-0.15, -0.1) is 11.3 Å². The van der Waals surface area contributed by atoms with Gasteiger partial charge in [-0.25, -0.2) is 4.98 Å². The van der Waals surface area contributed by atoms with E-state index in [4.69, 9.17) is 22.3 Å². The van der Waals surface area contributed by atoms with Crippen LogP contribution in [0.1, 0.15) is 16.4 Å². The lowest BCUT2D eigenvalue weighted by atomic mass is 10.1. The molecule has 0 saturated carbocycles. The van der Waals surface area contributed by atoms with Crippen molar-refractivity contribution in [2.75, 3.05) is 7.05 Å². The van der Waals surface area contributed by atoms with Crippen molar-refractivity contribution in [2.24, 2.45) is 7.05 Å². The third kappa shape index (κ3) is 4.00. The first-order valence-electron chi connectivity index (χ1n) is 8.92. The molecule has 1 atom stereocenters. The summed E-state index contributed by atoms with van der Waals surface area (Å²) in [6.45, 7) is 1.57. The molecule has 0 radical (unpaired) electrons. The maximum Gasteiger partial charge on any atom is 0.202 e. The van der Waals surface area contributed by atoms with Gasteiger partial charge in [-0.2, -0.15) is 9.78 Å². The zero-order valence-electron chi connectivity index (χ0n) is 15.4. The molecule has 0 fully saturated rings. The number of benzene rings is 2. The Morgan fingerprint density at radius 3 is 2.59 bits per heavy atom. The summed E-state index contributed by atoms with van der Waals surface area (Å²) in [5.41, 5.74) is 2.31. The number of nitrogens with zero attached hydrogens (tertiary/aromatic N) is 4. The number of aromatic nitrogens is 4. The molecule has 138 valence electrons. The average molecular weight is 397 g/mol. The highest BCUT2D eigenvalue weighted by molar-refractivity contribution is 7.71. The molecular formula is C20H22N5S2+. The van der Waals surface area contributed by atoms with Crippen molar-refractivity contribution in [2.45, 2.75) is 19.6 Å². The summed E-state index contributed by atoms with van der Waals surface area (Å²) in [6, 6.07) is 18.6. The van der Waals surface area contributed by atoms with Crippen molar-refractivity contribution >= 4 is 33.8 Å². The Balaban J connectivity index is 1.48. The summed E-state index contributed by atoms with van der Waals surface area (Å²) in [4.78, 5) is 6.03. The molecule has 0 spiro atoms. The number of fused-ring (bicyclic) bond motifs is 1. The monoisotopic (exact) mass is 396 g/mol. The Bertz CT molecular complexity index is 1080. The van der Waals surface area contributed by atoms with Gasteiger partial charge in [0.2, 0.25) is 4.77 Å². The van der Waals surface area contributed by atoms with E-state index in [1.165, 1.54) is 15.2 Å². The first-order chi connectivity index (χ1) is 13.1. The van der Waals surface area contributed by atoms with Gasteiger partial charge in [0.25, 0.3) is 0 Å². The fraction of sp³-hybridized carbons (Fsp3) is 0.250. The lowest BCUT2D eigenvalue weighted by Gasteiger charge is -2.11. The van der Waals surface area contributed by atoms with Crippen molar-refractivity contribution < 1.29 is 4.90 Å². The van der Waals surface area contributed by atoms with Gasteiger partial charge in [0, 0.05) is 13.5 Å². The molecule has 0 aliphatic carbocycles. The predicted octanol–water partition coefficient (Wildman–Crippen LogP) is 2.82. The first-order valence-corrected chi connectivity index (χ1v) is 10.1. The van der Waals surface area contributed by atoms with Gasteiger partial charge in [-0.05, 0) is 29.9 Å². The molecule has 2 heterocycles. The molecule has 7 heteroatoms. The van der Waals surface area contributed by atoms with Crippen LogP contribution in [0.3, 0.4) is 0 Å². The van der Waals surface area contributed by atoms with E-state index < -0.39 is 0 Å². The van der Waals surface area contributed by atoms with Crippen molar-refractivity contribution in [3.8, 4) is 0 Å². The molecule has 0 bridgehead atoms. The first kappa shape index (κ1) is 18.0. The van der Waals surface area contributed by atoms with Gasteiger partial charge in [0.1, 0.15) is 17.4 Å². The number of rotatable bonds is 6. The molecule has 4 rings (SSSR count). The van der Waals surface area contributed by atoms with Crippen LogP contribution in [-0.4, -0.2) is 26.4 Å². The molecule has 4 aromatic rings. The van der Waals surface area contributed by atoms with Crippen LogP contribution in [0.4, 0.5) is 0 Å². The second-order valence-corrected chi connectivity index (χ2v) is 8.27. The largest absolute Gasteiger partial charge is 0.313 e. The third-order valence-corrected chi connectivity index (χ3v) is 6.07. The number of hydrogen-bond acceptors (Lipinski definition) is 4. The van der Waals surface area contributed by atoms with Crippen LogP contribution in [-0.2, 0) is 26.7 Å². The van der Waals surface area contributed by atoms with Crippen LogP contribution in [0, 0.1) is 4.77 Å². The molecule has 5 nitrogen and oxygen atoms in total. The van der Waals surface area contributed by atoms with E-state index in [9.17, 15) is 0 Å². The molecule has 0 saturated heterocycles. The molecule has 0 aliphatic rings. The van der Waals surface area contributed by atoms with Crippen molar-refractivity contribution in [3.63, 3.8) is 0 Å². The number of para-hydroxylation sites is 1. The molecule has 0 amide bonds. The second-order valence-electron chi connectivity index (χ2n) is 6.79. The fourth-order valence-corrected chi connectivity index (χ4v) is 4.43. The molecule has 2 aromatic carbocycles. The number of quaternary nitrogens is 1. The van der Waals surface area contributed by atoms with Crippen LogP contribution < -0.4 is 4.90 Å². The third-order valence-electron chi connectivity index (χ3n) is 4.55. The minimum Gasteiger partial charge on any atom is -0.313 e. The maximum absolute atomic E-state index is 5.60. The summed E-state index contributed by atoms with van der Waals surface area (Å²) >= 11 is 7.36. The Morgan fingerprint density at radius 2 is 1.81 bits per heavy atom. The van der Waals surface area contributed by atoms with Crippen molar-refractivity contribution in [3.05, 3.63) is 75.8 Å². The lowest BCUT2D eigenvalue weighted by molar-refractivity contribution is -0.917. The van der Waals surface area contributed by atoms with Gasteiger partial charge in [-0.1, -0.05) is 42.5 Å². The van der Waals surface area contributed by atoms with Gasteiger partial charge >= 0.3 is 0 Å². The van der Waals surface area contributed by atoms with Crippen molar-refractivity contribution in [1.29, 1.82) is 0 Å². The second kappa shape index (κ2) is 7.72. The van der Waals surface area contributed by atoms with Crippen LogP contribution in [0.2, 0.25) is 0 Å². The van der Waals surface area contributed by atoms with Crippen LogP contribution in [0.25, 0.3) is 10.2 Å². The highest BCUT2D eigenvalue weighted by Gasteiger charge is 2.14. The summed E-state index contributed by atoms with van der Waals surface area (Å²) in [5.74, 6) is 0.985. The molecule has 1 unspecified atom stereocenters. The van der Waals surface area contributed by atoms with E-state index in [2.05, 4.69) is 49.5 Å². The topological polar surface area (TPSA) is 40.1 Å². The maximum atomic E-state index is 5.60. The van der Waals surface area contributed by atoms with Crippen LogP contribution in [0.5, 0.6) is 0 Å². The van der Waals surface area contributed by atoms with Gasteiger partial charge < -0.3 is 9.47 Å². The summed E-state index contributed by atoms with van der Waals surface area (Å²) < 4.78 is 5.92. The lowest BCUT2D eigenvalue weighted by Crippen LogP contribution is -3.07. The standard InChI is InChI=1S/C20H21N5S2/c1-23(13-19-21-16-10-6-7-11-17(16)27-19)14-25-20(26)24(2)18(22-25)12-15-8-4-3-5-9-15/h3-11H,12-14H2,1-2H3/p+1. The Hall–Kier alpha value is -2.35. The molecule has 1 N–H and O–H groups in total. The summed E-state index contributed by atoms with van der Waals surface area (Å²) in [5, 5.41) is 5.91. The molecule has 27 heavy (non-hydrogen) atoms. The summed E-state index contributed by atoms with van der Waals surface area (Å²) in [7, 11) is 4.15. The van der Waals surface area contributed by atoms with E-state index in [0.29, 0.717) is 0 Å². The number of hydrogen-bond donors (Lipinski definition) is 1. The van der Waals surface area contributed by atoms with Gasteiger partial charge in [0.15, 0.2) is 6.67 Å².